The van der Waals surface area contributed by atoms with Crippen LogP contribution in [0.5, 0.6) is 0 Å². The van der Waals surface area contributed by atoms with Crippen LogP contribution in [0.2, 0.25) is 0 Å². The fourth-order valence-corrected chi connectivity index (χ4v) is 0.958. The predicted molar refractivity (Wildman–Crippen MR) is 51.6 cm³/mol. The van der Waals surface area contributed by atoms with Gasteiger partial charge < -0.3 is 15.4 Å². The summed E-state index contributed by atoms with van der Waals surface area (Å²) < 4.78 is 0. The topological polar surface area (TPSA) is 99.3 Å². The second-order valence-corrected chi connectivity index (χ2v) is 2.83. The van der Waals surface area contributed by atoms with Crippen LogP contribution in [0.25, 0.3) is 0 Å². The van der Waals surface area contributed by atoms with Gasteiger partial charge in [0.05, 0.1) is 6.42 Å². The van der Waals surface area contributed by atoms with Gasteiger partial charge in [-0.2, -0.15) is 0 Å². The van der Waals surface area contributed by atoms with Crippen molar-refractivity contribution in [3.8, 4) is 0 Å². The number of carbonyl (C=O) groups is 2. The molecule has 3 N–H and O–H groups in total. The number of hydrogen-bond acceptors (Lipinski definition) is 3. The number of carboxylic acids is 1. The molecule has 15 heavy (non-hydrogen) atoms. The first-order valence-electron chi connectivity index (χ1n) is 4.29. The third kappa shape index (κ3) is 3.63. The van der Waals surface area contributed by atoms with E-state index in [9.17, 15) is 14.4 Å². The first-order valence-corrected chi connectivity index (χ1v) is 4.29. The van der Waals surface area contributed by atoms with E-state index in [4.69, 9.17) is 5.11 Å². The van der Waals surface area contributed by atoms with E-state index in [-0.39, 0.29) is 24.2 Å². The molecule has 0 atom stereocenters. The maximum absolute atomic E-state index is 11.3. The molecule has 0 spiro atoms. The van der Waals surface area contributed by atoms with Crippen molar-refractivity contribution in [2.45, 2.75) is 6.42 Å². The number of aromatic nitrogens is 1. The van der Waals surface area contributed by atoms with Crippen LogP contribution >= 0.6 is 0 Å². The van der Waals surface area contributed by atoms with Crippen molar-refractivity contribution >= 4 is 11.9 Å². The summed E-state index contributed by atoms with van der Waals surface area (Å²) in [5, 5.41) is 10.7. The third-order valence-electron chi connectivity index (χ3n) is 1.64. The van der Waals surface area contributed by atoms with Crippen LogP contribution in [0, 0.1) is 0 Å². The normalized spacial score (nSPS) is 9.60. The first-order chi connectivity index (χ1) is 7.09. The lowest BCUT2D eigenvalue weighted by Crippen LogP contribution is -2.28. The van der Waals surface area contributed by atoms with Gasteiger partial charge in [0.25, 0.3) is 5.91 Å². The van der Waals surface area contributed by atoms with Gasteiger partial charge in [0.15, 0.2) is 0 Å². The second-order valence-electron chi connectivity index (χ2n) is 2.83. The number of carbonyl (C=O) groups excluding carboxylic acids is 1. The monoisotopic (exact) mass is 210 g/mol. The molecule has 0 saturated carbocycles. The number of hydrogen-bond donors (Lipinski definition) is 3. The summed E-state index contributed by atoms with van der Waals surface area (Å²) in [5.41, 5.74) is -0.256. The lowest BCUT2D eigenvalue weighted by atomic mass is 10.3. The predicted octanol–water partition coefficient (Wildman–Crippen LogP) is -0.421. The minimum Gasteiger partial charge on any atom is -0.481 e. The van der Waals surface area contributed by atoms with Crippen molar-refractivity contribution < 1.29 is 14.7 Å². The highest BCUT2D eigenvalue weighted by atomic mass is 16.4. The van der Waals surface area contributed by atoms with Gasteiger partial charge in [0.2, 0.25) is 5.56 Å². The zero-order chi connectivity index (χ0) is 11.3. The van der Waals surface area contributed by atoms with E-state index in [1.807, 2.05) is 0 Å². The Bertz CT molecular complexity index is 424. The molecule has 80 valence electrons. The third-order valence-corrected chi connectivity index (χ3v) is 1.64. The van der Waals surface area contributed by atoms with Crippen LogP contribution in [0.4, 0.5) is 0 Å². The number of rotatable bonds is 4. The average molecular weight is 210 g/mol. The number of carboxylic acid groups (broad SMARTS) is 1. The van der Waals surface area contributed by atoms with E-state index in [0.29, 0.717) is 0 Å². The Labute approximate surface area is 84.9 Å². The lowest BCUT2D eigenvalue weighted by molar-refractivity contribution is -0.136. The number of aliphatic carboxylic acids is 1. The SMILES string of the molecule is O=C(O)CCNC(=O)c1cccc(=O)[nH]1. The molecule has 0 saturated heterocycles. The van der Waals surface area contributed by atoms with Gasteiger partial charge in [-0.05, 0) is 6.07 Å². The van der Waals surface area contributed by atoms with Gasteiger partial charge in [0.1, 0.15) is 5.69 Å². The first kappa shape index (κ1) is 11.0. The van der Waals surface area contributed by atoms with Gasteiger partial charge in [-0.1, -0.05) is 6.07 Å². The Morgan fingerprint density at radius 3 is 2.73 bits per heavy atom. The van der Waals surface area contributed by atoms with E-state index >= 15 is 0 Å². The number of amides is 1. The van der Waals surface area contributed by atoms with Gasteiger partial charge in [-0.25, -0.2) is 0 Å². The molecule has 1 amide bonds. The zero-order valence-corrected chi connectivity index (χ0v) is 7.82. The Kier molecular flexibility index (Phi) is 3.61. The molecule has 1 aromatic rings. The van der Waals surface area contributed by atoms with Gasteiger partial charge >= 0.3 is 5.97 Å². The highest BCUT2D eigenvalue weighted by molar-refractivity contribution is 5.92. The molecule has 1 rings (SSSR count). The van der Waals surface area contributed by atoms with Crippen molar-refractivity contribution in [3.05, 3.63) is 34.2 Å². The lowest BCUT2D eigenvalue weighted by Gasteiger charge is -2.02. The minimum absolute atomic E-state index is 0.0328. The summed E-state index contributed by atoms with van der Waals surface area (Å²) in [6, 6.07) is 4.18. The molecule has 0 radical (unpaired) electrons. The summed E-state index contributed by atoms with van der Waals surface area (Å²) in [5.74, 6) is -1.48. The molecule has 0 aliphatic heterocycles. The Morgan fingerprint density at radius 2 is 2.13 bits per heavy atom. The quantitative estimate of drug-likeness (QED) is 0.628. The average Bonchev–Trinajstić information content (AvgIpc) is 2.17. The van der Waals surface area contributed by atoms with E-state index < -0.39 is 11.9 Å². The number of nitrogens with one attached hydrogen (secondary N) is 2. The molecule has 6 nitrogen and oxygen atoms in total. The van der Waals surface area contributed by atoms with Gasteiger partial charge in [-0.3, -0.25) is 14.4 Å². The molecular formula is C9H10N2O4. The summed E-state index contributed by atoms with van der Waals surface area (Å²) >= 11 is 0. The van der Waals surface area contributed by atoms with Crippen LogP contribution < -0.4 is 10.9 Å². The molecule has 0 aromatic carbocycles. The molecule has 0 unspecified atom stereocenters. The van der Waals surface area contributed by atoms with E-state index in [2.05, 4.69) is 10.3 Å². The second kappa shape index (κ2) is 4.94. The largest absolute Gasteiger partial charge is 0.481 e. The van der Waals surface area contributed by atoms with Crippen LogP contribution in [-0.2, 0) is 4.79 Å². The molecule has 1 heterocycles. The minimum atomic E-state index is -0.989. The Hall–Kier alpha value is -2.11. The molecule has 0 fully saturated rings. The zero-order valence-electron chi connectivity index (χ0n) is 7.82. The van der Waals surface area contributed by atoms with Crippen molar-refractivity contribution in [1.29, 1.82) is 0 Å². The smallest absolute Gasteiger partial charge is 0.305 e. The van der Waals surface area contributed by atoms with Crippen molar-refractivity contribution in [2.24, 2.45) is 0 Å². The van der Waals surface area contributed by atoms with Gasteiger partial charge in [-0.15, -0.1) is 0 Å². The van der Waals surface area contributed by atoms with E-state index in [1.165, 1.54) is 18.2 Å². The highest BCUT2D eigenvalue weighted by Gasteiger charge is 2.05. The molecule has 0 aliphatic rings. The summed E-state index contributed by atoms with van der Waals surface area (Å²) in [7, 11) is 0. The maximum atomic E-state index is 11.3. The maximum Gasteiger partial charge on any atom is 0.305 e. The number of aromatic amines is 1. The highest BCUT2D eigenvalue weighted by Crippen LogP contribution is 1.89. The van der Waals surface area contributed by atoms with Gasteiger partial charge in [0, 0.05) is 12.6 Å². The van der Waals surface area contributed by atoms with Crippen LogP contribution in [0.3, 0.4) is 0 Å². The van der Waals surface area contributed by atoms with Crippen LogP contribution in [-0.4, -0.2) is 28.5 Å². The Balaban J connectivity index is 2.54. The number of H-pyrrole nitrogens is 1. The van der Waals surface area contributed by atoms with Crippen molar-refractivity contribution in [3.63, 3.8) is 0 Å². The summed E-state index contributed by atoms with van der Waals surface area (Å²) in [6.07, 6.45) is -0.150. The van der Waals surface area contributed by atoms with Crippen molar-refractivity contribution in [2.75, 3.05) is 6.54 Å². The summed E-state index contributed by atoms with van der Waals surface area (Å²) in [6.45, 7) is 0.0328. The summed E-state index contributed by atoms with van der Waals surface area (Å²) in [4.78, 5) is 34.6. The molecule has 0 bridgehead atoms. The fourth-order valence-electron chi connectivity index (χ4n) is 0.958. The molecule has 1 aromatic heterocycles. The molecular weight excluding hydrogens is 200 g/mol. The standard InChI is InChI=1S/C9H10N2O4/c12-7-3-1-2-6(11-7)9(15)10-5-4-8(13)14/h1-3H,4-5H2,(H,10,15)(H,11,12)(H,13,14). The van der Waals surface area contributed by atoms with Crippen LogP contribution in [0.1, 0.15) is 16.9 Å². The molecule has 0 aliphatic carbocycles. The Morgan fingerprint density at radius 1 is 1.40 bits per heavy atom. The number of pyridine rings is 1. The van der Waals surface area contributed by atoms with E-state index in [0.717, 1.165) is 0 Å². The fraction of sp³-hybridized carbons (Fsp3) is 0.222. The van der Waals surface area contributed by atoms with Crippen molar-refractivity contribution in [1.82, 2.24) is 10.3 Å². The molecule has 6 heteroatoms. The van der Waals surface area contributed by atoms with Crippen LogP contribution in [0.15, 0.2) is 23.0 Å². The van der Waals surface area contributed by atoms with E-state index in [1.54, 1.807) is 0 Å².